The average molecular weight is 526 g/mol. The lowest BCUT2D eigenvalue weighted by Crippen LogP contribution is -2.54. The molecule has 0 aromatic heterocycles. The summed E-state index contributed by atoms with van der Waals surface area (Å²) in [5.41, 5.74) is 1.57. The highest BCUT2D eigenvalue weighted by atomic mass is 16.5. The molecule has 10 nitrogen and oxygen atoms in total. The first-order chi connectivity index (χ1) is 18.8. The molecule has 10 heteroatoms. The summed E-state index contributed by atoms with van der Waals surface area (Å²) in [6, 6.07) is 16.9. The molecule has 2 heterocycles. The van der Waals surface area contributed by atoms with Crippen LogP contribution in [0.25, 0.3) is 6.08 Å². The van der Waals surface area contributed by atoms with Crippen molar-refractivity contribution in [2.45, 2.75) is 13.5 Å². The quantitative estimate of drug-likeness (QED) is 0.284. The highest BCUT2D eigenvalue weighted by Crippen LogP contribution is 2.29. The predicted octanol–water partition coefficient (Wildman–Crippen LogP) is 3.56. The van der Waals surface area contributed by atoms with Crippen LogP contribution in [-0.4, -0.2) is 48.3 Å². The Morgan fingerprint density at radius 3 is 2.13 bits per heavy atom. The lowest BCUT2D eigenvalue weighted by Gasteiger charge is -2.26. The van der Waals surface area contributed by atoms with Gasteiger partial charge in [-0.25, -0.2) is 9.69 Å². The molecule has 196 valence electrons. The van der Waals surface area contributed by atoms with Crippen molar-refractivity contribution in [3.05, 3.63) is 94.6 Å². The number of carbonyl (C=O) groups is 5. The molecule has 0 spiro atoms. The first-order valence-electron chi connectivity index (χ1n) is 12.1. The zero-order valence-corrected chi connectivity index (χ0v) is 21.1. The van der Waals surface area contributed by atoms with Gasteiger partial charge in [-0.05, 0) is 67.1 Å². The number of carbonyl (C=O) groups excluding carboxylic acids is 5. The third kappa shape index (κ3) is 4.63. The van der Waals surface area contributed by atoms with E-state index in [-0.39, 0.29) is 17.8 Å². The van der Waals surface area contributed by atoms with Gasteiger partial charge in [0.1, 0.15) is 17.1 Å². The molecule has 2 aliphatic heterocycles. The van der Waals surface area contributed by atoms with E-state index in [0.29, 0.717) is 40.4 Å². The molecule has 1 fully saturated rings. The third-order valence-corrected chi connectivity index (χ3v) is 6.33. The van der Waals surface area contributed by atoms with Crippen LogP contribution < -0.4 is 19.7 Å². The number of barbiturate groups is 1. The van der Waals surface area contributed by atoms with Crippen LogP contribution in [0.15, 0.2) is 72.3 Å². The van der Waals surface area contributed by atoms with Gasteiger partial charge in [0.25, 0.3) is 23.6 Å². The van der Waals surface area contributed by atoms with Gasteiger partial charge in [-0.2, -0.15) is 0 Å². The normalized spacial score (nSPS) is 16.1. The number of rotatable bonds is 7. The minimum Gasteiger partial charge on any atom is -0.496 e. The fraction of sp³-hybridized carbons (Fsp3) is 0.138. The second kappa shape index (κ2) is 10.3. The van der Waals surface area contributed by atoms with Crippen molar-refractivity contribution in [3.8, 4) is 11.5 Å². The standard InChI is InChI=1S/C29H23N3O7/c1-3-39-20-11-9-19(10-12-20)32-28(36)23(25(33)30-29(32)37)15-17-8-13-24(38-2)18(14-17)16-31-26(34)21-6-4-5-7-22(21)27(31)35/h4-15H,3,16H2,1-2H3,(H,30,33,37). The topological polar surface area (TPSA) is 122 Å². The summed E-state index contributed by atoms with van der Waals surface area (Å²) in [7, 11) is 1.46. The molecule has 39 heavy (non-hydrogen) atoms. The Morgan fingerprint density at radius 2 is 1.51 bits per heavy atom. The van der Waals surface area contributed by atoms with Crippen molar-refractivity contribution < 1.29 is 33.4 Å². The van der Waals surface area contributed by atoms with Crippen LogP contribution in [0.2, 0.25) is 0 Å². The first-order valence-corrected chi connectivity index (χ1v) is 12.1. The largest absolute Gasteiger partial charge is 0.496 e. The van der Waals surface area contributed by atoms with Crippen molar-refractivity contribution in [1.82, 2.24) is 10.2 Å². The zero-order chi connectivity index (χ0) is 27.7. The van der Waals surface area contributed by atoms with Gasteiger partial charge in [-0.15, -0.1) is 0 Å². The van der Waals surface area contributed by atoms with Gasteiger partial charge in [-0.1, -0.05) is 18.2 Å². The number of methoxy groups -OCH3 is 1. The molecule has 1 N–H and O–H groups in total. The van der Waals surface area contributed by atoms with Crippen LogP contribution in [0.5, 0.6) is 11.5 Å². The molecule has 3 aromatic carbocycles. The van der Waals surface area contributed by atoms with Crippen LogP contribution in [0, 0.1) is 0 Å². The molecule has 1 saturated heterocycles. The first kappa shape index (κ1) is 25.4. The number of hydrogen-bond donors (Lipinski definition) is 1. The van der Waals surface area contributed by atoms with E-state index >= 15 is 0 Å². The van der Waals surface area contributed by atoms with Crippen molar-refractivity contribution in [1.29, 1.82) is 0 Å². The van der Waals surface area contributed by atoms with Gasteiger partial charge in [0.15, 0.2) is 0 Å². The summed E-state index contributed by atoms with van der Waals surface area (Å²) in [5, 5.41) is 2.19. The Kier molecular flexibility index (Phi) is 6.68. The molecule has 3 aromatic rings. The van der Waals surface area contributed by atoms with Crippen LogP contribution >= 0.6 is 0 Å². The summed E-state index contributed by atoms with van der Waals surface area (Å²) in [4.78, 5) is 66.2. The number of urea groups is 1. The fourth-order valence-electron chi connectivity index (χ4n) is 4.48. The van der Waals surface area contributed by atoms with Gasteiger partial charge in [-0.3, -0.25) is 29.4 Å². The van der Waals surface area contributed by atoms with Crippen LogP contribution in [0.3, 0.4) is 0 Å². The molecule has 5 rings (SSSR count). The zero-order valence-electron chi connectivity index (χ0n) is 21.1. The van der Waals surface area contributed by atoms with Crippen LogP contribution in [-0.2, 0) is 16.1 Å². The molecule has 0 radical (unpaired) electrons. The van der Waals surface area contributed by atoms with E-state index in [4.69, 9.17) is 9.47 Å². The van der Waals surface area contributed by atoms with E-state index in [9.17, 15) is 24.0 Å². The predicted molar refractivity (Wildman–Crippen MR) is 140 cm³/mol. The lowest BCUT2D eigenvalue weighted by atomic mass is 10.0. The lowest BCUT2D eigenvalue weighted by molar-refractivity contribution is -0.122. The number of hydrogen-bond acceptors (Lipinski definition) is 7. The van der Waals surface area contributed by atoms with Gasteiger partial charge < -0.3 is 9.47 Å². The Balaban J connectivity index is 1.45. The Bertz CT molecular complexity index is 1520. The highest BCUT2D eigenvalue weighted by Gasteiger charge is 2.37. The molecule has 0 saturated carbocycles. The van der Waals surface area contributed by atoms with E-state index in [1.807, 2.05) is 6.92 Å². The van der Waals surface area contributed by atoms with Crippen LogP contribution in [0.4, 0.5) is 10.5 Å². The van der Waals surface area contributed by atoms with E-state index in [2.05, 4.69) is 5.32 Å². The summed E-state index contributed by atoms with van der Waals surface area (Å²) in [6.07, 6.45) is 1.34. The van der Waals surface area contributed by atoms with E-state index in [0.717, 1.165) is 9.80 Å². The van der Waals surface area contributed by atoms with Crippen molar-refractivity contribution >= 4 is 41.4 Å². The number of nitrogens with zero attached hydrogens (tertiary/aromatic N) is 2. The Labute approximate surface area is 223 Å². The number of fused-ring (bicyclic) bond motifs is 1. The monoisotopic (exact) mass is 525 g/mol. The van der Waals surface area contributed by atoms with Crippen molar-refractivity contribution in [3.63, 3.8) is 0 Å². The van der Waals surface area contributed by atoms with Crippen molar-refractivity contribution in [2.75, 3.05) is 18.6 Å². The second-order valence-electron chi connectivity index (χ2n) is 8.70. The minimum atomic E-state index is -0.868. The smallest absolute Gasteiger partial charge is 0.335 e. The summed E-state index contributed by atoms with van der Waals surface area (Å²) in [5.74, 6) is -1.50. The summed E-state index contributed by atoms with van der Waals surface area (Å²) >= 11 is 0. The minimum absolute atomic E-state index is 0.0799. The fourth-order valence-corrected chi connectivity index (χ4v) is 4.48. The molecule has 2 aliphatic rings. The third-order valence-electron chi connectivity index (χ3n) is 6.33. The summed E-state index contributed by atoms with van der Waals surface area (Å²) in [6.45, 7) is 2.22. The molecule has 0 unspecified atom stereocenters. The number of amides is 6. The summed E-state index contributed by atoms with van der Waals surface area (Å²) < 4.78 is 10.8. The number of nitrogens with one attached hydrogen (secondary N) is 1. The Hall–Kier alpha value is -5.25. The molecular formula is C29H23N3O7. The van der Waals surface area contributed by atoms with E-state index in [1.165, 1.54) is 13.2 Å². The highest BCUT2D eigenvalue weighted by molar-refractivity contribution is 6.39. The molecule has 0 atom stereocenters. The maximum atomic E-state index is 13.3. The van der Waals surface area contributed by atoms with Gasteiger partial charge in [0, 0.05) is 5.56 Å². The number of benzene rings is 3. The number of ether oxygens (including phenoxy) is 2. The SMILES string of the molecule is CCOc1ccc(N2C(=O)NC(=O)C(=Cc3ccc(OC)c(CN4C(=O)c5ccccc5C4=O)c3)C2=O)cc1. The maximum absolute atomic E-state index is 13.3. The van der Waals surface area contributed by atoms with E-state index in [1.54, 1.807) is 66.7 Å². The van der Waals surface area contributed by atoms with E-state index < -0.39 is 29.7 Å². The second-order valence-corrected chi connectivity index (χ2v) is 8.70. The van der Waals surface area contributed by atoms with Gasteiger partial charge in [0.2, 0.25) is 0 Å². The molecule has 6 amide bonds. The molecular weight excluding hydrogens is 502 g/mol. The average Bonchev–Trinajstić information content (AvgIpc) is 3.17. The number of imide groups is 3. The number of anilines is 1. The van der Waals surface area contributed by atoms with Crippen LogP contribution in [0.1, 0.15) is 38.8 Å². The molecule has 0 bridgehead atoms. The maximum Gasteiger partial charge on any atom is 0.335 e. The van der Waals surface area contributed by atoms with Gasteiger partial charge in [0.05, 0.1) is 37.1 Å². The Morgan fingerprint density at radius 1 is 0.846 bits per heavy atom. The molecule has 0 aliphatic carbocycles. The van der Waals surface area contributed by atoms with Crippen molar-refractivity contribution in [2.24, 2.45) is 0 Å². The van der Waals surface area contributed by atoms with Gasteiger partial charge >= 0.3 is 6.03 Å².